The highest BCUT2D eigenvalue weighted by molar-refractivity contribution is 5.09. The first kappa shape index (κ1) is 7.41. The van der Waals surface area contributed by atoms with Crippen LogP contribution in [0.25, 0.3) is 0 Å². The molecule has 3 nitrogen and oxygen atoms in total. The summed E-state index contributed by atoms with van der Waals surface area (Å²) in [5, 5.41) is 1.99. The van der Waals surface area contributed by atoms with Gasteiger partial charge in [-0.25, -0.2) is 0 Å². The third kappa shape index (κ3) is 1.24. The van der Waals surface area contributed by atoms with Crippen molar-refractivity contribution in [3.8, 4) is 0 Å². The summed E-state index contributed by atoms with van der Waals surface area (Å²) in [6.07, 6.45) is 1.99. The van der Waals surface area contributed by atoms with Gasteiger partial charge in [0.2, 0.25) is 0 Å². The van der Waals surface area contributed by atoms with Gasteiger partial charge in [-0.05, 0) is 0 Å². The largest absolute Gasteiger partial charge is 0.309 e. The number of nitrogens with zero attached hydrogens (tertiary/aromatic N) is 1. The monoisotopic (exact) mass is 141 g/mol. The Hall–Kier alpha value is -0.700. The van der Waals surface area contributed by atoms with Crippen molar-refractivity contribution in [2.24, 2.45) is 5.41 Å². The first-order valence-corrected chi connectivity index (χ1v) is 3.47. The summed E-state index contributed by atoms with van der Waals surface area (Å²) in [6.45, 7) is 6.55. The normalized spacial score (nSPS) is 18.8. The van der Waals surface area contributed by atoms with E-state index in [2.05, 4.69) is 31.7 Å². The standard InChI is InChI=1S/C7H15N3/c1-7(2,3)6-5-8-9-10(6)4/h5,8-9H,1-4H3. The van der Waals surface area contributed by atoms with Gasteiger partial charge in [0.15, 0.2) is 0 Å². The molecule has 1 heterocycles. The van der Waals surface area contributed by atoms with Crippen molar-refractivity contribution in [2.75, 3.05) is 7.05 Å². The van der Waals surface area contributed by atoms with Crippen LogP contribution < -0.4 is 11.0 Å². The highest BCUT2D eigenvalue weighted by Gasteiger charge is 2.23. The first-order chi connectivity index (χ1) is 4.52. The molecule has 3 heteroatoms. The van der Waals surface area contributed by atoms with E-state index < -0.39 is 0 Å². The average Bonchev–Trinajstić information content (AvgIpc) is 2.11. The molecule has 0 radical (unpaired) electrons. The zero-order valence-corrected chi connectivity index (χ0v) is 7.02. The van der Waals surface area contributed by atoms with E-state index in [1.807, 2.05) is 18.3 Å². The lowest BCUT2D eigenvalue weighted by Crippen LogP contribution is -2.36. The minimum Gasteiger partial charge on any atom is -0.309 e. The van der Waals surface area contributed by atoms with Gasteiger partial charge in [-0.15, -0.1) is 5.53 Å². The van der Waals surface area contributed by atoms with Gasteiger partial charge >= 0.3 is 0 Å². The van der Waals surface area contributed by atoms with Gasteiger partial charge in [-0.1, -0.05) is 20.8 Å². The van der Waals surface area contributed by atoms with Crippen molar-refractivity contribution in [1.29, 1.82) is 0 Å². The fourth-order valence-corrected chi connectivity index (χ4v) is 1.07. The molecule has 0 saturated carbocycles. The maximum atomic E-state index is 2.97. The molecule has 58 valence electrons. The molecule has 0 aromatic carbocycles. The molecule has 0 aliphatic carbocycles. The fraction of sp³-hybridized carbons (Fsp3) is 0.714. The predicted molar refractivity (Wildman–Crippen MR) is 41.6 cm³/mol. The van der Waals surface area contributed by atoms with Crippen LogP contribution in [0.1, 0.15) is 20.8 Å². The van der Waals surface area contributed by atoms with Crippen molar-refractivity contribution in [3.63, 3.8) is 0 Å². The highest BCUT2D eigenvalue weighted by Crippen LogP contribution is 2.26. The molecule has 1 aliphatic rings. The molecular weight excluding hydrogens is 126 g/mol. The molecule has 0 atom stereocenters. The van der Waals surface area contributed by atoms with E-state index in [0.29, 0.717) is 0 Å². The van der Waals surface area contributed by atoms with Crippen molar-refractivity contribution in [2.45, 2.75) is 20.8 Å². The Labute approximate surface area is 62.0 Å². The number of hydrogen-bond donors (Lipinski definition) is 2. The predicted octanol–water partition coefficient (Wildman–Crippen LogP) is 0.828. The molecule has 2 N–H and O–H groups in total. The molecule has 0 bridgehead atoms. The lowest BCUT2D eigenvalue weighted by Gasteiger charge is -2.26. The van der Waals surface area contributed by atoms with Gasteiger partial charge in [0.25, 0.3) is 0 Å². The van der Waals surface area contributed by atoms with Crippen LogP contribution >= 0.6 is 0 Å². The second kappa shape index (κ2) is 2.16. The van der Waals surface area contributed by atoms with Gasteiger partial charge in [0.05, 0.1) is 5.70 Å². The number of nitrogens with one attached hydrogen (secondary N) is 2. The van der Waals surface area contributed by atoms with Crippen LogP contribution in [0.5, 0.6) is 0 Å². The summed E-state index contributed by atoms with van der Waals surface area (Å²) < 4.78 is 0. The number of rotatable bonds is 0. The molecule has 10 heavy (non-hydrogen) atoms. The molecule has 1 rings (SSSR count). The summed E-state index contributed by atoms with van der Waals surface area (Å²) in [5.41, 5.74) is 7.39. The van der Waals surface area contributed by atoms with E-state index in [-0.39, 0.29) is 5.41 Å². The zero-order chi connectivity index (χ0) is 7.78. The molecule has 0 aromatic heterocycles. The van der Waals surface area contributed by atoms with Gasteiger partial charge in [0.1, 0.15) is 0 Å². The second-order valence-corrected chi connectivity index (χ2v) is 3.59. The van der Waals surface area contributed by atoms with Crippen molar-refractivity contribution >= 4 is 0 Å². The summed E-state index contributed by atoms with van der Waals surface area (Å²) in [5.74, 6) is 0. The molecule has 1 aliphatic heterocycles. The van der Waals surface area contributed by atoms with Crippen LogP contribution in [0.3, 0.4) is 0 Å². The lowest BCUT2D eigenvalue weighted by atomic mass is 9.92. The van der Waals surface area contributed by atoms with Crippen LogP contribution in [-0.4, -0.2) is 12.1 Å². The Morgan fingerprint density at radius 3 is 2.20 bits per heavy atom. The molecular formula is C7H15N3. The smallest absolute Gasteiger partial charge is 0.0533 e. The van der Waals surface area contributed by atoms with Gasteiger partial charge in [0, 0.05) is 18.7 Å². The van der Waals surface area contributed by atoms with E-state index in [1.165, 1.54) is 5.70 Å². The number of allylic oxidation sites excluding steroid dienone is 1. The Bertz CT molecular complexity index is 155. The summed E-state index contributed by atoms with van der Waals surface area (Å²) in [4.78, 5) is 0. The third-order valence-corrected chi connectivity index (χ3v) is 1.57. The van der Waals surface area contributed by atoms with E-state index in [1.54, 1.807) is 0 Å². The van der Waals surface area contributed by atoms with Crippen LogP contribution in [0, 0.1) is 5.41 Å². The molecule has 0 fully saturated rings. The summed E-state index contributed by atoms with van der Waals surface area (Å²) in [7, 11) is 2.00. The first-order valence-electron chi connectivity index (χ1n) is 3.47. The molecule has 0 spiro atoms. The topological polar surface area (TPSA) is 27.3 Å². The number of hydrogen-bond acceptors (Lipinski definition) is 3. The Morgan fingerprint density at radius 2 is 2.00 bits per heavy atom. The van der Waals surface area contributed by atoms with Gasteiger partial charge in [-0.3, -0.25) is 5.01 Å². The Kier molecular flexibility index (Phi) is 1.60. The minimum absolute atomic E-state index is 0.214. The van der Waals surface area contributed by atoms with Gasteiger partial charge < -0.3 is 5.43 Å². The van der Waals surface area contributed by atoms with E-state index in [4.69, 9.17) is 0 Å². The second-order valence-electron chi connectivity index (χ2n) is 3.59. The van der Waals surface area contributed by atoms with Crippen LogP contribution in [0.4, 0.5) is 0 Å². The Morgan fingerprint density at radius 1 is 1.40 bits per heavy atom. The Balaban J connectivity index is 2.72. The highest BCUT2D eigenvalue weighted by atomic mass is 15.7. The fourth-order valence-electron chi connectivity index (χ4n) is 1.07. The maximum absolute atomic E-state index is 2.97. The van der Waals surface area contributed by atoms with Crippen molar-refractivity contribution in [1.82, 2.24) is 16.0 Å². The molecule has 0 aromatic rings. The SMILES string of the molecule is CN1NNC=C1C(C)(C)C. The summed E-state index contributed by atoms with van der Waals surface area (Å²) in [6, 6.07) is 0. The van der Waals surface area contributed by atoms with Crippen molar-refractivity contribution < 1.29 is 0 Å². The van der Waals surface area contributed by atoms with E-state index in [0.717, 1.165) is 0 Å². The van der Waals surface area contributed by atoms with Crippen molar-refractivity contribution in [3.05, 3.63) is 11.9 Å². The quantitative estimate of drug-likeness (QED) is 0.523. The lowest BCUT2D eigenvalue weighted by molar-refractivity contribution is 0.250. The zero-order valence-electron chi connectivity index (χ0n) is 7.02. The van der Waals surface area contributed by atoms with E-state index in [9.17, 15) is 0 Å². The molecule has 0 saturated heterocycles. The van der Waals surface area contributed by atoms with Crippen LogP contribution in [0.15, 0.2) is 11.9 Å². The van der Waals surface area contributed by atoms with Gasteiger partial charge in [-0.2, -0.15) is 0 Å². The van der Waals surface area contributed by atoms with Crippen LogP contribution in [-0.2, 0) is 0 Å². The average molecular weight is 141 g/mol. The van der Waals surface area contributed by atoms with E-state index >= 15 is 0 Å². The molecule has 0 amide bonds. The number of hydrazine groups is 2. The summed E-state index contributed by atoms with van der Waals surface area (Å²) >= 11 is 0. The third-order valence-electron chi connectivity index (χ3n) is 1.57. The van der Waals surface area contributed by atoms with Crippen LogP contribution in [0.2, 0.25) is 0 Å². The maximum Gasteiger partial charge on any atom is 0.0533 e. The minimum atomic E-state index is 0.214. The molecule has 0 unspecified atom stereocenters.